The second-order valence-electron chi connectivity index (χ2n) is 6.41. The fourth-order valence-corrected chi connectivity index (χ4v) is 3.44. The fraction of sp³-hybridized carbons (Fsp3) is 0.474. The van der Waals surface area contributed by atoms with Crippen LogP contribution in [-0.2, 0) is 0 Å². The van der Waals surface area contributed by atoms with Gasteiger partial charge < -0.3 is 14.8 Å². The van der Waals surface area contributed by atoms with Crippen LogP contribution >= 0.6 is 0 Å². The highest BCUT2D eigenvalue weighted by Crippen LogP contribution is 2.31. The number of carbonyl (C=O) groups is 1. The highest BCUT2D eigenvalue weighted by atomic mass is 16.5. The molecule has 1 amide bonds. The van der Waals surface area contributed by atoms with Gasteiger partial charge >= 0.3 is 0 Å². The van der Waals surface area contributed by atoms with Crippen molar-refractivity contribution < 1.29 is 14.3 Å². The number of methoxy groups -OCH3 is 2. The summed E-state index contributed by atoms with van der Waals surface area (Å²) in [5.74, 6) is 1.79. The molecule has 0 radical (unpaired) electrons. The largest absolute Gasteiger partial charge is 0.496 e. The van der Waals surface area contributed by atoms with Crippen molar-refractivity contribution in [3.8, 4) is 11.5 Å². The maximum absolute atomic E-state index is 12.7. The second-order valence-corrected chi connectivity index (χ2v) is 6.41. The molecule has 6 heteroatoms. The summed E-state index contributed by atoms with van der Waals surface area (Å²) in [6.45, 7) is 1.90. The van der Waals surface area contributed by atoms with Crippen LogP contribution in [0.15, 0.2) is 24.4 Å². The number of anilines is 1. The summed E-state index contributed by atoms with van der Waals surface area (Å²) in [4.78, 5) is 12.7. The predicted molar refractivity (Wildman–Crippen MR) is 96.6 cm³/mol. The lowest BCUT2D eigenvalue weighted by molar-refractivity contribution is 0.102. The van der Waals surface area contributed by atoms with Crippen LogP contribution in [0.25, 0.3) is 0 Å². The van der Waals surface area contributed by atoms with Crippen LogP contribution in [0, 0.1) is 6.92 Å². The van der Waals surface area contributed by atoms with Crippen LogP contribution in [0.2, 0.25) is 0 Å². The molecule has 0 spiro atoms. The average molecular weight is 343 g/mol. The molecule has 0 aliphatic heterocycles. The number of hydrogen-bond acceptors (Lipinski definition) is 4. The fourth-order valence-electron chi connectivity index (χ4n) is 3.44. The number of nitrogens with one attached hydrogen (secondary N) is 1. The van der Waals surface area contributed by atoms with Gasteiger partial charge in [-0.3, -0.25) is 4.79 Å². The van der Waals surface area contributed by atoms with Crippen LogP contribution in [0.1, 0.15) is 54.1 Å². The standard InChI is InChI=1S/C19H25N3O3/c1-13-16(24-2)11-14(12-17(13)25-3)19(23)21-18-9-10-20-22(18)15-7-5-4-6-8-15/h9-12,15H,4-8H2,1-3H3,(H,21,23). The predicted octanol–water partition coefficient (Wildman–Crippen LogP) is 3.97. The van der Waals surface area contributed by atoms with Crippen LogP contribution in [0.3, 0.4) is 0 Å². The molecule has 1 aromatic heterocycles. The summed E-state index contributed by atoms with van der Waals surface area (Å²) < 4.78 is 12.7. The minimum atomic E-state index is -0.200. The van der Waals surface area contributed by atoms with E-state index in [1.54, 1.807) is 32.5 Å². The molecule has 1 saturated carbocycles. The molecular formula is C19H25N3O3. The van der Waals surface area contributed by atoms with E-state index in [9.17, 15) is 4.79 Å². The Morgan fingerprint density at radius 3 is 2.40 bits per heavy atom. The summed E-state index contributed by atoms with van der Waals surface area (Å²) in [7, 11) is 3.17. The number of ether oxygens (including phenoxy) is 2. The van der Waals surface area contributed by atoms with Gasteiger partial charge in [-0.1, -0.05) is 19.3 Å². The van der Waals surface area contributed by atoms with Crippen LogP contribution < -0.4 is 14.8 Å². The summed E-state index contributed by atoms with van der Waals surface area (Å²) >= 11 is 0. The van der Waals surface area contributed by atoms with Crippen molar-refractivity contribution in [3.63, 3.8) is 0 Å². The third-order valence-electron chi connectivity index (χ3n) is 4.85. The number of hydrogen-bond donors (Lipinski definition) is 1. The summed E-state index contributed by atoms with van der Waals surface area (Å²) in [6.07, 6.45) is 7.66. The van der Waals surface area contributed by atoms with Gasteiger partial charge in [0.25, 0.3) is 5.91 Å². The van der Waals surface area contributed by atoms with Crippen molar-refractivity contribution in [2.24, 2.45) is 0 Å². The molecule has 1 heterocycles. The Morgan fingerprint density at radius 2 is 1.80 bits per heavy atom. The van der Waals surface area contributed by atoms with Gasteiger partial charge in [0, 0.05) is 17.2 Å². The molecule has 0 atom stereocenters. The zero-order chi connectivity index (χ0) is 17.8. The van der Waals surface area contributed by atoms with Gasteiger partial charge in [0.2, 0.25) is 0 Å². The summed E-state index contributed by atoms with van der Waals surface area (Å²) in [5, 5.41) is 7.40. The van der Waals surface area contributed by atoms with Crippen molar-refractivity contribution >= 4 is 11.7 Å². The zero-order valence-electron chi connectivity index (χ0n) is 15.0. The lowest BCUT2D eigenvalue weighted by Crippen LogP contribution is -2.20. The van der Waals surface area contributed by atoms with Crippen molar-refractivity contribution in [1.29, 1.82) is 0 Å². The molecule has 25 heavy (non-hydrogen) atoms. The van der Waals surface area contributed by atoms with Crippen molar-refractivity contribution in [3.05, 3.63) is 35.5 Å². The molecule has 1 aromatic carbocycles. The number of aromatic nitrogens is 2. The Bertz CT molecular complexity index is 723. The number of carbonyl (C=O) groups excluding carboxylic acids is 1. The summed E-state index contributed by atoms with van der Waals surface area (Å²) in [5.41, 5.74) is 1.37. The van der Waals surface area contributed by atoms with E-state index in [1.807, 2.05) is 17.7 Å². The molecular weight excluding hydrogens is 318 g/mol. The van der Waals surface area contributed by atoms with E-state index in [-0.39, 0.29) is 5.91 Å². The molecule has 3 rings (SSSR count). The lowest BCUT2D eigenvalue weighted by Gasteiger charge is -2.24. The Balaban J connectivity index is 1.82. The van der Waals surface area contributed by atoms with Gasteiger partial charge in [-0.05, 0) is 31.9 Å². The third-order valence-corrected chi connectivity index (χ3v) is 4.85. The SMILES string of the molecule is COc1cc(C(=O)Nc2ccnn2C2CCCCC2)cc(OC)c1C. The van der Waals surface area contributed by atoms with Crippen LogP contribution in [0.4, 0.5) is 5.82 Å². The van der Waals surface area contributed by atoms with Gasteiger partial charge in [0.05, 0.1) is 26.5 Å². The smallest absolute Gasteiger partial charge is 0.257 e. The van der Waals surface area contributed by atoms with E-state index in [0.29, 0.717) is 23.1 Å². The highest BCUT2D eigenvalue weighted by molar-refractivity contribution is 6.04. The molecule has 2 aromatic rings. The van der Waals surface area contributed by atoms with E-state index in [2.05, 4.69) is 10.4 Å². The second kappa shape index (κ2) is 7.59. The van der Waals surface area contributed by atoms with Gasteiger partial charge in [0.1, 0.15) is 17.3 Å². The summed E-state index contributed by atoms with van der Waals surface area (Å²) in [6, 6.07) is 5.67. The first-order chi connectivity index (χ1) is 12.1. The molecule has 1 N–H and O–H groups in total. The Labute approximate surface area is 148 Å². The monoisotopic (exact) mass is 343 g/mol. The van der Waals surface area contributed by atoms with Crippen molar-refractivity contribution in [2.45, 2.75) is 45.1 Å². The first-order valence-electron chi connectivity index (χ1n) is 8.71. The number of rotatable bonds is 5. The van der Waals surface area contributed by atoms with Gasteiger partial charge in [0.15, 0.2) is 0 Å². The highest BCUT2D eigenvalue weighted by Gasteiger charge is 2.20. The Hall–Kier alpha value is -2.50. The first-order valence-corrected chi connectivity index (χ1v) is 8.71. The quantitative estimate of drug-likeness (QED) is 0.892. The third kappa shape index (κ3) is 3.62. The van der Waals surface area contributed by atoms with E-state index in [0.717, 1.165) is 24.2 Å². The van der Waals surface area contributed by atoms with Crippen molar-refractivity contribution in [1.82, 2.24) is 9.78 Å². The van der Waals surface area contributed by atoms with E-state index < -0.39 is 0 Å². The number of benzene rings is 1. The van der Waals surface area contributed by atoms with E-state index >= 15 is 0 Å². The normalized spacial score (nSPS) is 15.0. The lowest BCUT2D eigenvalue weighted by atomic mass is 9.96. The average Bonchev–Trinajstić information content (AvgIpc) is 3.10. The Kier molecular flexibility index (Phi) is 5.26. The molecule has 6 nitrogen and oxygen atoms in total. The first kappa shape index (κ1) is 17.3. The van der Waals surface area contributed by atoms with Gasteiger partial charge in [-0.15, -0.1) is 0 Å². The van der Waals surface area contributed by atoms with Crippen molar-refractivity contribution in [2.75, 3.05) is 19.5 Å². The molecule has 134 valence electrons. The molecule has 0 unspecified atom stereocenters. The van der Waals surface area contributed by atoms with E-state index in [1.165, 1.54) is 19.3 Å². The molecule has 0 bridgehead atoms. The maximum atomic E-state index is 12.7. The topological polar surface area (TPSA) is 65.4 Å². The van der Waals surface area contributed by atoms with Gasteiger partial charge in [-0.25, -0.2) is 4.68 Å². The van der Waals surface area contributed by atoms with Crippen LogP contribution in [0.5, 0.6) is 11.5 Å². The van der Waals surface area contributed by atoms with E-state index in [4.69, 9.17) is 9.47 Å². The minimum absolute atomic E-state index is 0.200. The molecule has 1 aliphatic rings. The number of nitrogens with zero attached hydrogens (tertiary/aromatic N) is 2. The minimum Gasteiger partial charge on any atom is -0.496 e. The number of amides is 1. The Morgan fingerprint density at radius 1 is 1.16 bits per heavy atom. The van der Waals surface area contributed by atoms with Gasteiger partial charge in [-0.2, -0.15) is 5.10 Å². The molecule has 1 fully saturated rings. The van der Waals surface area contributed by atoms with Crippen LogP contribution in [-0.4, -0.2) is 29.9 Å². The maximum Gasteiger partial charge on any atom is 0.257 e. The molecule has 1 aliphatic carbocycles. The zero-order valence-corrected chi connectivity index (χ0v) is 15.0. The molecule has 0 saturated heterocycles.